The highest BCUT2D eigenvalue weighted by atomic mass is 16.5. The maximum Gasteiger partial charge on any atom is 0.152 e. The van der Waals surface area contributed by atoms with Gasteiger partial charge >= 0.3 is 0 Å². The molecule has 1 aromatic rings. The number of methoxy groups -OCH3 is 1. The topological polar surface area (TPSA) is 45.0 Å². The lowest BCUT2D eigenvalue weighted by Crippen LogP contribution is -2.48. The number of aliphatic imine (C=N–C) groups is 1. The van der Waals surface area contributed by atoms with Crippen LogP contribution in [0, 0.1) is 12.3 Å². The number of piperazine rings is 1. The number of nitrogens with zero attached hydrogens (tertiary/aromatic N) is 4. The van der Waals surface area contributed by atoms with Gasteiger partial charge in [0, 0.05) is 62.4 Å². The van der Waals surface area contributed by atoms with Crippen LogP contribution in [-0.4, -0.2) is 73.8 Å². The van der Waals surface area contributed by atoms with E-state index in [9.17, 15) is 0 Å². The van der Waals surface area contributed by atoms with Crippen LogP contribution < -0.4 is 5.43 Å². The van der Waals surface area contributed by atoms with Crippen molar-refractivity contribution in [3.8, 4) is 0 Å². The summed E-state index contributed by atoms with van der Waals surface area (Å²) in [7, 11) is 4.01. The van der Waals surface area contributed by atoms with Crippen LogP contribution in [-0.2, 0) is 11.2 Å². The van der Waals surface area contributed by atoms with Crippen molar-refractivity contribution in [2.24, 2.45) is 10.4 Å². The first kappa shape index (κ1) is 27.9. The summed E-state index contributed by atoms with van der Waals surface area (Å²) in [5.41, 5.74) is 12.5. The minimum Gasteiger partial charge on any atom is -0.384 e. The summed E-state index contributed by atoms with van der Waals surface area (Å²) >= 11 is 0. The molecular weight excluding hydrogens is 458 g/mol. The summed E-state index contributed by atoms with van der Waals surface area (Å²) in [5.74, 6) is 1.26. The molecule has 0 amide bonds. The van der Waals surface area contributed by atoms with Crippen molar-refractivity contribution >= 4 is 11.5 Å². The van der Waals surface area contributed by atoms with E-state index < -0.39 is 0 Å². The van der Waals surface area contributed by atoms with Crippen molar-refractivity contribution in [1.29, 1.82) is 0 Å². The number of likely N-dealkylation sites (N-methyl/N-ethyl adjacent to an activating group) is 1. The highest BCUT2D eigenvalue weighted by Crippen LogP contribution is 2.39. The molecule has 0 radical (unpaired) electrons. The number of ether oxygens (including phenoxy) is 1. The number of hydrogen-bond donors (Lipinski definition) is 1. The molecule has 37 heavy (non-hydrogen) atoms. The van der Waals surface area contributed by atoms with Crippen LogP contribution in [0.1, 0.15) is 81.8 Å². The summed E-state index contributed by atoms with van der Waals surface area (Å²) in [5, 5.41) is 0. The van der Waals surface area contributed by atoms with Crippen molar-refractivity contribution in [2.45, 2.75) is 72.6 Å². The highest BCUT2D eigenvalue weighted by molar-refractivity contribution is 6.11. The van der Waals surface area contributed by atoms with Gasteiger partial charge in [0.05, 0.1) is 18.0 Å². The minimum absolute atomic E-state index is 0.0886. The normalized spacial score (nSPS) is 23.8. The molecule has 1 aromatic heterocycles. The molecule has 4 rings (SSSR count). The van der Waals surface area contributed by atoms with Gasteiger partial charge in [-0.25, -0.2) is 4.99 Å². The van der Waals surface area contributed by atoms with E-state index in [1.807, 2.05) is 0 Å². The molecule has 0 saturated carbocycles. The number of nitrogens with one attached hydrogen (secondary N) is 1. The Morgan fingerprint density at radius 2 is 1.86 bits per heavy atom. The lowest BCUT2D eigenvalue weighted by Gasteiger charge is -2.40. The Kier molecular flexibility index (Phi) is 8.82. The molecule has 2 atom stereocenters. The third-order valence-corrected chi connectivity index (χ3v) is 8.31. The van der Waals surface area contributed by atoms with Gasteiger partial charge in [-0.1, -0.05) is 59.3 Å². The lowest BCUT2D eigenvalue weighted by molar-refractivity contribution is 0.121. The van der Waals surface area contributed by atoms with E-state index >= 15 is 0 Å². The summed E-state index contributed by atoms with van der Waals surface area (Å²) < 4.78 is 7.84. The molecule has 3 heterocycles. The van der Waals surface area contributed by atoms with Crippen molar-refractivity contribution in [3.05, 3.63) is 52.4 Å². The molecule has 2 aliphatic heterocycles. The molecular formula is C31H49N5O. The van der Waals surface area contributed by atoms with Crippen LogP contribution in [0.2, 0.25) is 0 Å². The Labute approximate surface area is 225 Å². The van der Waals surface area contributed by atoms with Gasteiger partial charge in [-0.3, -0.25) is 15.0 Å². The van der Waals surface area contributed by atoms with Gasteiger partial charge in [-0.2, -0.15) is 0 Å². The summed E-state index contributed by atoms with van der Waals surface area (Å²) in [6.45, 7) is 22.2. The number of allylic oxidation sites excluding steroid dienone is 1. The van der Waals surface area contributed by atoms with Gasteiger partial charge in [-0.15, -0.1) is 0 Å². The number of rotatable bonds is 10. The van der Waals surface area contributed by atoms with Crippen molar-refractivity contribution < 1.29 is 4.74 Å². The Bertz CT molecular complexity index is 1090. The van der Waals surface area contributed by atoms with Crippen LogP contribution >= 0.6 is 0 Å². The second-order valence-corrected chi connectivity index (χ2v) is 11.8. The summed E-state index contributed by atoms with van der Waals surface area (Å²) in [6.07, 6.45) is 10.4. The molecule has 3 aliphatic rings. The van der Waals surface area contributed by atoms with E-state index in [1.165, 1.54) is 28.0 Å². The zero-order valence-electron chi connectivity index (χ0n) is 24.4. The van der Waals surface area contributed by atoms with Crippen LogP contribution in [0.5, 0.6) is 0 Å². The van der Waals surface area contributed by atoms with Crippen LogP contribution in [0.15, 0.2) is 34.9 Å². The quantitative estimate of drug-likeness (QED) is 0.439. The second kappa shape index (κ2) is 11.7. The van der Waals surface area contributed by atoms with Gasteiger partial charge in [0.25, 0.3) is 0 Å². The number of fused-ring (bicyclic) bond motifs is 1. The fourth-order valence-corrected chi connectivity index (χ4v) is 6.47. The zero-order chi connectivity index (χ0) is 26.7. The minimum atomic E-state index is 0.0886. The molecule has 6 nitrogen and oxygen atoms in total. The van der Waals surface area contributed by atoms with Gasteiger partial charge in [0.2, 0.25) is 0 Å². The maximum atomic E-state index is 5.55. The maximum absolute atomic E-state index is 5.55. The van der Waals surface area contributed by atoms with Crippen LogP contribution in [0.25, 0.3) is 5.70 Å². The zero-order valence-corrected chi connectivity index (χ0v) is 24.4. The molecule has 2 unspecified atom stereocenters. The highest BCUT2D eigenvalue weighted by Gasteiger charge is 2.34. The standard InChI is InChI=1S/C31H49N5O/c1-9-11-25-13-14-31(6,21-35-17-15-34(7)16-18-35)19-26(25)30-32-24(5)29-23(4)28(22(3)20-37-8)27(12-10-2)36(29)33-30/h13,19,22H,5,9-12,14-18,20-21H2,1-4,6-8H3,(H,32,33). The van der Waals surface area contributed by atoms with Gasteiger partial charge in [-0.05, 0) is 49.9 Å². The average molecular weight is 508 g/mol. The molecule has 0 bridgehead atoms. The Morgan fingerprint density at radius 1 is 1.16 bits per heavy atom. The number of aromatic nitrogens is 1. The average Bonchev–Trinajstić information content (AvgIpc) is 3.14. The van der Waals surface area contributed by atoms with Crippen molar-refractivity contribution in [2.75, 3.05) is 58.9 Å². The fourth-order valence-electron chi connectivity index (χ4n) is 6.47. The molecule has 1 fully saturated rings. The summed E-state index contributed by atoms with van der Waals surface area (Å²) in [6, 6.07) is 0. The predicted molar refractivity (Wildman–Crippen MR) is 157 cm³/mol. The first-order chi connectivity index (χ1) is 17.7. The molecule has 6 heteroatoms. The monoisotopic (exact) mass is 507 g/mol. The molecule has 1 aliphatic carbocycles. The van der Waals surface area contributed by atoms with Gasteiger partial charge in [0.15, 0.2) is 5.84 Å². The van der Waals surface area contributed by atoms with Crippen LogP contribution in [0.3, 0.4) is 0 Å². The van der Waals surface area contributed by atoms with E-state index in [-0.39, 0.29) is 5.41 Å². The Hall–Kier alpha value is -2.15. The van der Waals surface area contributed by atoms with Gasteiger partial charge < -0.3 is 9.64 Å². The molecule has 0 spiro atoms. The molecule has 1 saturated heterocycles. The lowest BCUT2D eigenvalue weighted by atomic mass is 9.77. The van der Waals surface area contributed by atoms with Crippen LogP contribution in [0.4, 0.5) is 0 Å². The Balaban J connectivity index is 1.70. The van der Waals surface area contributed by atoms with E-state index in [4.69, 9.17) is 9.73 Å². The second-order valence-electron chi connectivity index (χ2n) is 11.8. The smallest absolute Gasteiger partial charge is 0.152 e. The fraction of sp³-hybridized carbons (Fsp3) is 0.645. The summed E-state index contributed by atoms with van der Waals surface area (Å²) in [4.78, 5) is 10.2. The van der Waals surface area contributed by atoms with Crippen molar-refractivity contribution in [1.82, 2.24) is 14.5 Å². The van der Waals surface area contributed by atoms with E-state index in [2.05, 4.69) is 80.3 Å². The van der Waals surface area contributed by atoms with E-state index in [0.29, 0.717) is 12.5 Å². The number of hydrogen-bond acceptors (Lipinski definition) is 5. The third-order valence-electron chi connectivity index (χ3n) is 8.31. The van der Waals surface area contributed by atoms with Gasteiger partial charge in [0.1, 0.15) is 0 Å². The molecule has 1 N–H and O–H groups in total. The SMILES string of the molecule is C=C1N=C(C2=CC(C)(CN3CCN(C)CC3)CC=C2CCC)Nn2c(CCC)c(C(C)COC)c(C)c21. The molecule has 0 aromatic carbocycles. The number of amidine groups is 1. The molecule has 204 valence electrons. The predicted octanol–water partition coefficient (Wildman–Crippen LogP) is 5.74. The first-order valence-corrected chi connectivity index (χ1v) is 14.3. The third kappa shape index (κ3) is 5.81. The first-order valence-electron chi connectivity index (χ1n) is 14.3. The largest absolute Gasteiger partial charge is 0.384 e. The van der Waals surface area contributed by atoms with E-state index in [0.717, 1.165) is 82.1 Å². The van der Waals surface area contributed by atoms with E-state index in [1.54, 1.807) is 7.11 Å². The van der Waals surface area contributed by atoms with Crippen molar-refractivity contribution in [3.63, 3.8) is 0 Å². The Morgan fingerprint density at radius 3 is 2.51 bits per heavy atom.